The van der Waals surface area contributed by atoms with Gasteiger partial charge in [0.1, 0.15) is 5.75 Å². The van der Waals surface area contributed by atoms with Gasteiger partial charge < -0.3 is 4.74 Å². The third-order valence-electron chi connectivity index (χ3n) is 5.50. The lowest BCUT2D eigenvalue weighted by atomic mass is 9.87. The summed E-state index contributed by atoms with van der Waals surface area (Å²) in [5.41, 5.74) is 5.14. The standard InChI is InChI=1S/C28H28N4OS/c1-5-33-25-16-14-24(15-17-25)32-26(22-10-12-23(13-11-22)28(2,3)4)30-31-27(32)34-19-21-8-6-20(18-29)7-9-21/h6-17H,5,19H2,1-4H3. The lowest BCUT2D eigenvalue weighted by molar-refractivity contribution is 0.340. The molecule has 0 fully saturated rings. The Kier molecular flexibility index (Phi) is 7.04. The molecule has 4 rings (SSSR count). The molecule has 3 aromatic carbocycles. The molecule has 0 aliphatic carbocycles. The molecule has 0 saturated heterocycles. The van der Waals surface area contributed by atoms with Crippen LogP contribution in [-0.2, 0) is 11.2 Å². The number of aromatic nitrogens is 3. The van der Waals surface area contributed by atoms with E-state index in [9.17, 15) is 0 Å². The van der Waals surface area contributed by atoms with E-state index in [4.69, 9.17) is 10.00 Å². The highest BCUT2D eigenvalue weighted by Crippen LogP contribution is 2.32. The Balaban J connectivity index is 1.69. The molecule has 1 aromatic heterocycles. The SMILES string of the molecule is CCOc1ccc(-n2c(SCc3ccc(C#N)cc3)nnc2-c2ccc(C(C)(C)C)cc2)cc1. The van der Waals surface area contributed by atoms with E-state index in [0.29, 0.717) is 12.2 Å². The van der Waals surface area contributed by atoms with Crippen molar-refractivity contribution >= 4 is 11.8 Å². The van der Waals surface area contributed by atoms with Crippen LogP contribution in [0.4, 0.5) is 0 Å². The van der Waals surface area contributed by atoms with E-state index in [-0.39, 0.29) is 5.41 Å². The molecule has 5 nitrogen and oxygen atoms in total. The first-order chi connectivity index (χ1) is 16.4. The molecule has 0 saturated carbocycles. The normalized spacial score (nSPS) is 11.3. The lowest BCUT2D eigenvalue weighted by Gasteiger charge is -2.19. The summed E-state index contributed by atoms with van der Waals surface area (Å²) in [4.78, 5) is 0. The Bertz CT molecular complexity index is 1280. The van der Waals surface area contributed by atoms with Crippen molar-refractivity contribution in [2.45, 2.75) is 44.0 Å². The van der Waals surface area contributed by atoms with Gasteiger partial charge in [0.15, 0.2) is 11.0 Å². The van der Waals surface area contributed by atoms with Crippen LogP contribution in [0, 0.1) is 11.3 Å². The molecule has 0 radical (unpaired) electrons. The van der Waals surface area contributed by atoms with Crippen LogP contribution in [0.5, 0.6) is 5.75 Å². The number of hydrogen-bond acceptors (Lipinski definition) is 5. The second-order valence-electron chi connectivity index (χ2n) is 8.99. The van der Waals surface area contributed by atoms with Crippen molar-refractivity contribution in [3.63, 3.8) is 0 Å². The van der Waals surface area contributed by atoms with E-state index in [0.717, 1.165) is 39.3 Å². The highest BCUT2D eigenvalue weighted by atomic mass is 32.2. The molecule has 0 atom stereocenters. The summed E-state index contributed by atoms with van der Waals surface area (Å²) in [5.74, 6) is 2.36. The molecule has 0 bridgehead atoms. The summed E-state index contributed by atoms with van der Waals surface area (Å²) in [6, 6.07) is 26.4. The van der Waals surface area contributed by atoms with Crippen molar-refractivity contribution in [2.24, 2.45) is 0 Å². The van der Waals surface area contributed by atoms with Crippen LogP contribution in [0.15, 0.2) is 78.0 Å². The van der Waals surface area contributed by atoms with E-state index in [1.807, 2.05) is 55.5 Å². The molecule has 6 heteroatoms. The number of rotatable bonds is 7. The maximum atomic E-state index is 9.04. The van der Waals surface area contributed by atoms with Gasteiger partial charge in [-0.2, -0.15) is 5.26 Å². The molecule has 0 unspecified atom stereocenters. The quantitative estimate of drug-likeness (QED) is 0.279. The molecule has 34 heavy (non-hydrogen) atoms. The third kappa shape index (κ3) is 5.32. The number of benzene rings is 3. The van der Waals surface area contributed by atoms with Crippen LogP contribution in [0.2, 0.25) is 0 Å². The third-order valence-corrected chi connectivity index (χ3v) is 6.50. The van der Waals surface area contributed by atoms with Gasteiger partial charge in [0, 0.05) is 17.0 Å². The summed E-state index contributed by atoms with van der Waals surface area (Å²) in [6.07, 6.45) is 0. The number of hydrogen-bond donors (Lipinski definition) is 0. The minimum atomic E-state index is 0.0867. The van der Waals surface area contributed by atoms with Gasteiger partial charge in [0.25, 0.3) is 0 Å². The number of nitrogens with zero attached hydrogens (tertiary/aromatic N) is 4. The Labute approximate surface area is 205 Å². The Hall–Kier alpha value is -3.56. The molecule has 0 aliphatic heterocycles. The predicted molar refractivity (Wildman–Crippen MR) is 137 cm³/mol. The number of thioether (sulfide) groups is 1. The summed E-state index contributed by atoms with van der Waals surface area (Å²) in [6.45, 7) is 9.24. The van der Waals surface area contributed by atoms with Crippen LogP contribution in [0.3, 0.4) is 0 Å². The zero-order valence-corrected chi connectivity index (χ0v) is 20.8. The Morgan fingerprint density at radius 1 is 0.912 bits per heavy atom. The smallest absolute Gasteiger partial charge is 0.196 e. The van der Waals surface area contributed by atoms with Crippen LogP contribution in [-0.4, -0.2) is 21.4 Å². The maximum absolute atomic E-state index is 9.04. The molecular weight excluding hydrogens is 440 g/mol. The second kappa shape index (κ2) is 10.1. The Morgan fingerprint density at radius 2 is 1.59 bits per heavy atom. The summed E-state index contributed by atoms with van der Waals surface area (Å²) in [7, 11) is 0. The van der Waals surface area contributed by atoms with Gasteiger partial charge in [-0.3, -0.25) is 4.57 Å². The van der Waals surface area contributed by atoms with Crippen molar-refractivity contribution in [2.75, 3.05) is 6.61 Å². The number of ether oxygens (including phenoxy) is 1. The first kappa shape index (κ1) is 23.6. The fourth-order valence-electron chi connectivity index (χ4n) is 3.58. The molecule has 172 valence electrons. The van der Waals surface area contributed by atoms with Gasteiger partial charge in [0.05, 0.1) is 18.2 Å². The first-order valence-electron chi connectivity index (χ1n) is 11.3. The molecule has 1 heterocycles. The minimum Gasteiger partial charge on any atom is -0.494 e. The first-order valence-corrected chi connectivity index (χ1v) is 12.3. The zero-order valence-electron chi connectivity index (χ0n) is 19.9. The van der Waals surface area contributed by atoms with Gasteiger partial charge in [0.2, 0.25) is 0 Å². The zero-order chi connectivity index (χ0) is 24.1. The van der Waals surface area contributed by atoms with Gasteiger partial charge in [-0.25, -0.2) is 0 Å². The van der Waals surface area contributed by atoms with Gasteiger partial charge in [-0.15, -0.1) is 10.2 Å². The van der Waals surface area contributed by atoms with Crippen molar-refractivity contribution in [1.82, 2.24) is 14.8 Å². The van der Waals surface area contributed by atoms with Crippen LogP contribution < -0.4 is 4.74 Å². The maximum Gasteiger partial charge on any atom is 0.196 e. The highest BCUT2D eigenvalue weighted by Gasteiger charge is 2.18. The topological polar surface area (TPSA) is 63.7 Å². The molecule has 0 aliphatic rings. The van der Waals surface area contributed by atoms with E-state index < -0.39 is 0 Å². The number of nitriles is 1. The van der Waals surface area contributed by atoms with Crippen molar-refractivity contribution in [1.29, 1.82) is 5.26 Å². The Morgan fingerprint density at radius 3 is 2.18 bits per heavy atom. The van der Waals surface area contributed by atoms with Crippen LogP contribution in [0.1, 0.15) is 44.4 Å². The predicted octanol–water partition coefficient (Wildman–Crippen LogP) is 6.79. The largest absolute Gasteiger partial charge is 0.494 e. The molecular formula is C28H28N4OS. The van der Waals surface area contributed by atoms with Crippen LogP contribution >= 0.6 is 11.8 Å². The molecule has 0 spiro atoms. The minimum absolute atomic E-state index is 0.0867. The molecule has 0 N–H and O–H groups in total. The second-order valence-corrected chi connectivity index (χ2v) is 9.94. The van der Waals surface area contributed by atoms with E-state index in [1.54, 1.807) is 11.8 Å². The van der Waals surface area contributed by atoms with E-state index in [2.05, 4.69) is 65.9 Å². The van der Waals surface area contributed by atoms with Crippen molar-refractivity contribution in [3.05, 3.63) is 89.5 Å². The fourth-order valence-corrected chi connectivity index (χ4v) is 4.49. The average molecular weight is 469 g/mol. The van der Waals surface area contributed by atoms with E-state index in [1.165, 1.54) is 5.56 Å². The van der Waals surface area contributed by atoms with Gasteiger partial charge >= 0.3 is 0 Å². The average Bonchev–Trinajstić information content (AvgIpc) is 3.27. The van der Waals surface area contributed by atoms with Crippen molar-refractivity contribution < 1.29 is 4.74 Å². The fraction of sp³-hybridized carbons (Fsp3) is 0.250. The summed E-state index contributed by atoms with van der Waals surface area (Å²) >= 11 is 1.62. The van der Waals surface area contributed by atoms with Gasteiger partial charge in [-0.05, 0) is 59.9 Å². The summed E-state index contributed by atoms with van der Waals surface area (Å²) in [5, 5.41) is 19.0. The van der Waals surface area contributed by atoms with Crippen LogP contribution in [0.25, 0.3) is 17.1 Å². The molecule has 4 aromatic rings. The van der Waals surface area contributed by atoms with Crippen molar-refractivity contribution in [3.8, 4) is 28.9 Å². The molecule has 0 amide bonds. The van der Waals surface area contributed by atoms with Gasteiger partial charge in [-0.1, -0.05) is 68.9 Å². The summed E-state index contributed by atoms with van der Waals surface area (Å²) < 4.78 is 7.72. The monoisotopic (exact) mass is 468 g/mol. The lowest BCUT2D eigenvalue weighted by Crippen LogP contribution is -2.10. The highest BCUT2D eigenvalue weighted by molar-refractivity contribution is 7.98. The van der Waals surface area contributed by atoms with E-state index >= 15 is 0 Å².